The molecule has 1 saturated carbocycles. The largest absolute Gasteiger partial charge is 0.508 e. The summed E-state index contributed by atoms with van der Waals surface area (Å²) in [5, 5.41) is 16.4. The first-order valence-corrected chi connectivity index (χ1v) is 12.8. The molecule has 196 valence electrons. The van der Waals surface area contributed by atoms with Crippen molar-refractivity contribution < 1.29 is 24.2 Å². The molecule has 8 heteroatoms. The molecular formula is C27H43N3O5. The van der Waals surface area contributed by atoms with Crippen molar-refractivity contribution in [1.29, 1.82) is 0 Å². The quantitative estimate of drug-likeness (QED) is 0.392. The molecule has 3 amide bonds. The maximum atomic E-state index is 14.0. The Hall–Kier alpha value is -2.77. The van der Waals surface area contributed by atoms with Crippen molar-refractivity contribution in [2.75, 3.05) is 6.54 Å². The molecule has 1 fully saturated rings. The van der Waals surface area contributed by atoms with Gasteiger partial charge in [-0.2, -0.15) is 0 Å². The van der Waals surface area contributed by atoms with Crippen LogP contribution in [-0.2, 0) is 14.3 Å². The van der Waals surface area contributed by atoms with Gasteiger partial charge in [0.2, 0.25) is 11.8 Å². The monoisotopic (exact) mass is 489 g/mol. The molecule has 2 unspecified atom stereocenters. The highest BCUT2D eigenvalue weighted by Crippen LogP contribution is 2.37. The fraction of sp³-hybridized carbons (Fsp3) is 0.667. The van der Waals surface area contributed by atoms with Crippen LogP contribution >= 0.6 is 0 Å². The number of para-hydroxylation sites is 1. The number of hydrogen-bond donors (Lipinski definition) is 3. The Bertz CT molecular complexity index is 861. The second kappa shape index (κ2) is 12.8. The lowest BCUT2D eigenvalue weighted by atomic mass is 9.87. The summed E-state index contributed by atoms with van der Waals surface area (Å²) in [7, 11) is 0. The molecule has 1 aliphatic rings. The first kappa shape index (κ1) is 28.5. The summed E-state index contributed by atoms with van der Waals surface area (Å²) in [6, 6.07) is 4.59. The Morgan fingerprint density at radius 3 is 2.31 bits per heavy atom. The highest BCUT2D eigenvalue weighted by molar-refractivity contribution is 5.93. The van der Waals surface area contributed by atoms with Crippen LogP contribution in [0.2, 0.25) is 0 Å². The smallest absolute Gasteiger partial charge is 0.408 e. The van der Waals surface area contributed by atoms with Gasteiger partial charge in [0.1, 0.15) is 23.4 Å². The predicted molar refractivity (Wildman–Crippen MR) is 136 cm³/mol. The molecule has 0 radical (unpaired) electrons. The van der Waals surface area contributed by atoms with Crippen molar-refractivity contribution in [3.05, 3.63) is 29.8 Å². The van der Waals surface area contributed by atoms with Gasteiger partial charge in [0.05, 0.1) is 0 Å². The number of carbonyl (C=O) groups is 3. The molecule has 8 nitrogen and oxygen atoms in total. The third kappa shape index (κ3) is 8.15. The predicted octanol–water partition coefficient (Wildman–Crippen LogP) is 4.67. The highest BCUT2D eigenvalue weighted by atomic mass is 16.6. The van der Waals surface area contributed by atoms with E-state index < -0.39 is 23.8 Å². The number of ether oxygens (including phenoxy) is 1. The van der Waals surface area contributed by atoms with Crippen LogP contribution in [-0.4, -0.2) is 52.1 Å². The average molecular weight is 490 g/mol. The van der Waals surface area contributed by atoms with Crippen LogP contribution in [0.5, 0.6) is 5.75 Å². The zero-order valence-corrected chi connectivity index (χ0v) is 22.1. The molecule has 0 aliphatic heterocycles. The minimum Gasteiger partial charge on any atom is -0.508 e. The minimum absolute atomic E-state index is 0.0421. The summed E-state index contributed by atoms with van der Waals surface area (Å²) in [5.74, 6) is -0.968. The van der Waals surface area contributed by atoms with Crippen LogP contribution < -0.4 is 10.6 Å². The van der Waals surface area contributed by atoms with E-state index in [0.717, 1.165) is 38.5 Å². The van der Waals surface area contributed by atoms with Gasteiger partial charge in [-0.05, 0) is 58.4 Å². The van der Waals surface area contributed by atoms with E-state index in [4.69, 9.17) is 4.74 Å². The number of alkyl carbamates (subject to hydrolysis) is 1. The van der Waals surface area contributed by atoms with Crippen molar-refractivity contribution in [1.82, 2.24) is 15.5 Å². The number of nitrogens with one attached hydrogen (secondary N) is 2. The standard InChI is InChI=1S/C27H43N3O5/c1-7-8-11-17-28-24(32)23(20-15-9-10-16-21(20)31)30(19-13-12-14-19)25(33)22(18(2)3)29-26(34)35-27(4,5)6/h9-10,15-16,18-19,22-23,31H,7-8,11-14,17H2,1-6H3,(H,28,32)(H,29,34). The van der Waals surface area contributed by atoms with Gasteiger partial charge in [-0.3, -0.25) is 9.59 Å². The Morgan fingerprint density at radius 1 is 1.14 bits per heavy atom. The molecule has 0 bridgehead atoms. The van der Waals surface area contributed by atoms with Crippen LogP contribution in [0.3, 0.4) is 0 Å². The number of rotatable bonds is 11. The number of phenols is 1. The molecule has 0 saturated heterocycles. The van der Waals surface area contributed by atoms with Crippen molar-refractivity contribution >= 4 is 17.9 Å². The molecular weight excluding hydrogens is 446 g/mol. The normalized spacial score (nSPS) is 15.6. The minimum atomic E-state index is -1.00. The number of aromatic hydroxyl groups is 1. The van der Waals surface area contributed by atoms with Gasteiger partial charge in [-0.1, -0.05) is 51.8 Å². The summed E-state index contributed by atoms with van der Waals surface area (Å²) in [6.07, 6.45) is 4.64. The third-order valence-electron chi connectivity index (χ3n) is 6.16. The fourth-order valence-corrected chi connectivity index (χ4v) is 4.11. The van der Waals surface area contributed by atoms with E-state index in [2.05, 4.69) is 17.6 Å². The van der Waals surface area contributed by atoms with Crippen LogP contribution in [0.15, 0.2) is 24.3 Å². The van der Waals surface area contributed by atoms with Gasteiger partial charge >= 0.3 is 6.09 Å². The molecule has 35 heavy (non-hydrogen) atoms. The van der Waals surface area contributed by atoms with E-state index in [9.17, 15) is 19.5 Å². The van der Waals surface area contributed by atoms with Gasteiger partial charge in [-0.15, -0.1) is 0 Å². The Balaban J connectivity index is 2.42. The zero-order chi connectivity index (χ0) is 26.2. The molecule has 0 aromatic heterocycles. The lowest BCUT2D eigenvalue weighted by Gasteiger charge is -2.44. The summed E-state index contributed by atoms with van der Waals surface area (Å²) in [5.41, 5.74) is -0.334. The molecule has 0 heterocycles. The molecule has 1 aliphatic carbocycles. The van der Waals surface area contributed by atoms with Gasteiger partial charge < -0.3 is 25.4 Å². The van der Waals surface area contributed by atoms with Crippen molar-refractivity contribution in [2.45, 2.75) is 104 Å². The molecule has 1 aromatic rings. The number of carbonyl (C=O) groups excluding carboxylic acids is 3. The molecule has 1 aromatic carbocycles. The Morgan fingerprint density at radius 2 is 1.80 bits per heavy atom. The average Bonchev–Trinajstić information content (AvgIpc) is 2.72. The van der Waals surface area contributed by atoms with Crippen LogP contribution in [0.1, 0.15) is 91.7 Å². The van der Waals surface area contributed by atoms with Crippen molar-refractivity contribution in [3.63, 3.8) is 0 Å². The molecule has 2 atom stereocenters. The number of unbranched alkanes of at least 4 members (excludes halogenated alkanes) is 2. The van der Waals surface area contributed by atoms with Gasteiger partial charge in [0.25, 0.3) is 0 Å². The van der Waals surface area contributed by atoms with E-state index in [1.807, 2.05) is 13.8 Å². The van der Waals surface area contributed by atoms with Gasteiger partial charge in [0, 0.05) is 18.2 Å². The topological polar surface area (TPSA) is 108 Å². The van der Waals surface area contributed by atoms with E-state index in [1.165, 1.54) is 6.07 Å². The van der Waals surface area contributed by atoms with Crippen LogP contribution in [0.25, 0.3) is 0 Å². The number of benzene rings is 1. The van der Waals surface area contributed by atoms with E-state index in [-0.39, 0.29) is 29.5 Å². The zero-order valence-electron chi connectivity index (χ0n) is 22.1. The summed E-state index contributed by atoms with van der Waals surface area (Å²) < 4.78 is 5.40. The lowest BCUT2D eigenvalue weighted by molar-refractivity contribution is -0.148. The van der Waals surface area contributed by atoms with E-state index in [1.54, 1.807) is 43.9 Å². The maximum absolute atomic E-state index is 14.0. The second-order valence-corrected chi connectivity index (χ2v) is 10.7. The van der Waals surface area contributed by atoms with Crippen LogP contribution in [0.4, 0.5) is 4.79 Å². The van der Waals surface area contributed by atoms with Crippen molar-refractivity contribution in [3.8, 4) is 5.75 Å². The number of phenolic OH excluding ortho intramolecular Hbond substituents is 1. The van der Waals surface area contributed by atoms with Gasteiger partial charge in [0.15, 0.2) is 0 Å². The van der Waals surface area contributed by atoms with E-state index in [0.29, 0.717) is 12.1 Å². The number of amides is 3. The Kier molecular flexibility index (Phi) is 10.4. The summed E-state index contributed by atoms with van der Waals surface area (Å²) >= 11 is 0. The SMILES string of the molecule is CCCCCNC(=O)C(c1ccccc1O)N(C(=O)C(NC(=O)OC(C)(C)C)C(C)C)C1CCC1. The molecule has 0 spiro atoms. The number of nitrogens with zero attached hydrogens (tertiary/aromatic N) is 1. The summed E-state index contributed by atoms with van der Waals surface area (Å²) in [4.78, 5) is 41.7. The number of hydrogen-bond acceptors (Lipinski definition) is 5. The lowest BCUT2D eigenvalue weighted by Crippen LogP contribution is -2.58. The third-order valence-corrected chi connectivity index (χ3v) is 6.16. The summed E-state index contributed by atoms with van der Waals surface area (Å²) in [6.45, 7) is 11.6. The fourth-order valence-electron chi connectivity index (χ4n) is 4.11. The van der Waals surface area contributed by atoms with Crippen molar-refractivity contribution in [2.24, 2.45) is 5.92 Å². The van der Waals surface area contributed by atoms with Crippen LogP contribution in [0, 0.1) is 5.92 Å². The Labute approximate surface area is 209 Å². The van der Waals surface area contributed by atoms with E-state index >= 15 is 0 Å². The highest BCUT2D eigenvalue weighted by Gasteiger charge is 2.43. The van der Waals surface area contributed by atoms with Gasteiger partial charge in [-0.25, -0.2) is 4.79 Å². The molecule has 2 rings (SSSR count). The molecule has 3 N–H and O–H groups in total. The first-order chi connectivity index (χ1) is 16.5. The maximum Gasteiger partial charge on any atom is 0.408 e. The second-order valence-electron chi connectivity index (χ2n) is 10.7. The first-order valence-electron chi connectivity index (χ1n) is 12.8.